The Morgan fingerprint density at radius 3 is 2.37 bits per heavy atom. The minimum atomic E-state index is -0.128. The molecule has 0 saturated carbocycles. The van der Waals surface area contributed by atoms with E-state index in [0.29, 0.717) is 16.5 Å². The topological polar surface area (TPSA) is 66.4 Å². The largest absolute Gasteiger partial charge is 0.368 e. The molecule has 4 rings (SSSR count). The molecule has 3 heterocycles. The number of carbonyl (C=O) groups excluding carboxylic acids is 2. The van der Waals surface area contributed by atoms with Crippen molar-refractivity contribution in [3.05, 3.63) is 52.7 Å². The van der Waals surface area contributed by atoms with Gasteiger partial charge in [-0.1, -0.05) is 17.7 Å². The molecule has 0 amide bonds. The van der Waals surface area contributed by atoms with Gasteiger partial charge in [-0.05, 0) is 43.0 Å². The van der Waals surface area contributed by atoms with Crippen molar-refractivity contribution in [2.24, 2.45) is 0 Å². The van der Waals surface area contributed by atoms with Gasteiger partial charge in [0.05, 0.1) is 17.0 Å². The minimum absolute atomic E-state index is 0.0184. The second-order valence-electron chi connectivity index (χ2n) is 6.67. The van der Waals surface area contributed by atoms with E-state index < -0.39 is 0 Å². The van der Waals surface area contributed by atoms with E-state index in [1.165, 1.54) is 11.3 Å². The number of rotatable bonds is 3. The number of Topliss-reactive ketones (excluding diaryl/α,β-unsaturated/α-hetero) is 1. The molecule has 138 valence electrons. The summed E-state index contributed by atoms with van der Waals surface area (Å²) < 4.78 is 0. The number of hydrogen-bond acceptors (Lipinski definition) is 7. The molecule has 7 heteroatoms. The highest BCUT2D eigenvalue weighted by Gasteiger charge is 2.26. The first-order chi connectivity index (χ1) is 13.1. The number of hydrogen-bond donors (Lipinski definition) is 0. The van der Waals surface area contributed by atoms with Crippen LogP contribution in [0.4, 0.5) is 11.6 Å². The highest BCUT2D eigenvalue weighted by atomic mass is 32.2. The summed E-state index contributed by atoms with van der Waals surface area (Å²) >= 11 is 1.00. The molecule has 0 N–H and O–H groups in total. The van der Waals surface area contributed by atoms with Gasteiger partial charge in [0.25, 0.3) is 0 Å². The van der Waals surface area contributed by atoms with E-state index in [0.717, 1.165) is 37.9 Å². The number of thioether (sulfide) groups is 1. The third-order valence-electron chi connectivity index (χ3n) is 4.71. The van der Waals surface area contributed by atoms with Crippen LogP contribution in [0, 0.1) is 6.92 Å². The highest BCUT2D eigenvalue weighted by Crippen LogP contribution is 2.30. The lowest BCUT2D eigenvalue weighted by atomic mass is 10.2. The predicted octanol–water partition coefficient (Wildman–Crippen LogP) is 2.69. The van der Waals surface area contributed by atoms with E-state index >= 15 is 0 Å². The average Bonchev–Trinajstić information content (AvgIpc) is 3.00. The number of benzene rings is 1. The van der Waals surface area contributed by atoms with Gasteiger partial charge < -0.3 is 9.80 Å². The number of allylic oxidation sites excluding steroid dienone is 1. The fourth-order valence-corrected chi connectivity index (χ4v) is 4.01. The lowest BCUT2D eigenvalue weighted by Crippen LogP contribution is -2.47. The molecule has 2 saturated heterocycles. The van der Waals surface area contributed by atoms with Crippen LogP contribution in [0.2, 0.25) is 0 Å². The Morgan fingerprint density at radius 2 is 1.70 bits per heavy atom. The summed E-state index contributed by atoms with van der Waals surface area (Å²) in [4.78, 5) is 37.1. The molecule has 0 spiro atoms. The van der Waals surface area contributed by atoms with Crippen LogP contribution in [-0.4, -0.2) is 47.0 Å². The van der Waals surface area contributed by atoms with Crippen LogP contribution in [0.5, 0.6) is 0 Å². The van der Waals surface area contributed by atoms with Crippen molar-refractivity contribution in [2.75, 3.05) is 36.0 Å². The molecular weight excluding hydrogens is 360 g/mol. The summed E-state index contributed by atoms with van der Waals surface area (Å²) in [5.74, 6) is 0.534. The standard InChI is InChI=1S/C20H20N4O2S/c1-14-2-4-16(5-3-14)23-8-10-24(11-9-23)20-21-7-6-15(22-20)12-18-17(25)13-19(26)27-18/h2-7,12H,8-11,13H2,1H3/b18-12-. The smallest absolute Gasteiger partial charge is 0.225 e. The molecular formula is C20H20N4O2S. The summed E-state index contributed by atoms with van der Waals surface area (Å²) in [6.45, 7) is 5.57. The van der Waals surface area contributed by atoms with Crippen molar-refractivity contribution in [2.45, 2.75) is 13.3 Å². The molecule has 1 aromatic heterocycles. The Labute approximate surface area is 162 Å². The molecule has 2 aliphatic rings. The summed E-state index contributed by atoms with van der Waals surface area (Å²) in [5, 5.41) is -0.104. The SMILES string of the molecule is Cc1ccc(N2CCN(c3nccc(/C=C4\SC(=O)CC4=O)n3)CC2)cc1. The van der Waals surface area contributed by atoms with Crippen LogP contribution < -0.4 is 9.80 Å². The maximum Gasteiger partial charge on any atom is 0.225 e. The fourth-order valence-electron chi connectivity index (χ4n) is 3.19. The molecule has 0 bridgehead atoms. The first kappa shape index (κ1) is 17.7. The van der Waals surface area contributed by atoms with E-state index in [1.807, 2.05) is 0 Å². The van der Waals surface area contributed by atoms with Gasteiger partial charge in [-0.15, -0.1) is 0 Å². The molecule has 0 aliphatic carbocycles. The van der Waals surface area contributed by atoms with Crippen LogP contribution >= 0.6 is 11.8 Å². The summed E-state index contributed by atoms with van der Waals surface area (Å²) in [6.07, 6.45) is 3.37. The monoisotopic (exact) mass is 380 g/mol. The number of nitrogens with zero attached hydrogens (tertiary/aromatic N) is 4. The van der Waals surface area contributed by atoms with Crippen LogP contribution in [0.1, 0.15) is 17.7 Å². The highest BCUT2D eigenvalue weighted by molar-refractivity contribution is 8.18. The van der Waals surface area contributed by atoms with E-state index in [2.05, 4.69) is 51.0 Å². The molecule has 1 aromatic carbocycles. The molecule has 0 atom stereocenters. The molecule has 2 aromatic rings. The molecule has 2 fully saturated rings. The van der Waals surface area contributed by atoms with Gasteiger partial charge >= 0.3 is 0 Å². The Morgan fingerprint density at radius 1 is 1.00 bits per heavy atom. The van der Waals surface area contributed by atoms with Gasteiger partial charge in [0.15, 0.2) is 5.78 Å². The molecule has 2 aliphatic heterocycles. The minimum Gasteiger partial charge on any atom is -0.368 e. The second-order valence-corrected chi connectivity index (χ2v) is 7.77. The number of carbonyl (C=O) groups is 2. The van der Waals surface area contributed by atoms with Crippen molar-refractivity contribution < 1.29 is 9.59 Å². The van der Waals surface area contributed by atoms with Gasteiger partial charge in [0.1, 0.15) is 0 Å². The van der Waals surface area contributed by atoms with Crippen molar-refractivity contribution >= 4 is 40.4 Å². The average molecular weight is 380 g/mol. The number of anilines is 2. The van der Waals surface area contributed by atoms with Crippen LogP contribution in [-0.2, 0) is 9.59 Å². The van der Waals surface area contributed by atoms with Gasteiger partial charge in [0.2, 0.25) is 11.1 Å². The third-order valence-corrected chi connectivity index (χ3v) is 5.65. The number of aryl methyl sites for hydroxylation is 1. The van der Waals surface area contributed by atoms with Crippen molar-refractivity contribution in [3.63, 3.8) is 0 Å². The van der Waals surface area contributed by atoms with Crippen LogP contribution in [0.3, 0.4) is 0 Å². The maximum absolute atomic E-state index is 11.8. The lowest BCUT2D eigenvalue weighted by molar-refractivity contribution is -0.119. The Bertz CT molecular complexity index is 902. The summed E-state index contributed by atoms with van der Waals surface area (Å²) in [7, 11) is 0. The van der Waals surface area contributed by atoms with Gasteiger partial charge in [-0.25, -0.2) is 9.97 Å². The fraction of sp³-hybridized carbons (Fsp3) is 0.300. The predicted molar refractivity (Wildman–Crippen MR) is 108 cm³/mol. The summed E-state index contributed by atoms with van der Waals surface area (Å²) in [5.41, 5.74) is 3.16. The molecule has 27 heavy (non-hydrogen) atoms. The van der Waals surface area contributed by atoms with E-state index in [-0.39, 0.29) is 17.3 Å². The van der Waals surface area contributed by atoms with E-state index in [4.69, 9.17) is 0 Å². The Balaban J connectivity index is 1.44. The quantitative estimate of drug-likeness (QED) is 0.599. The van der Waals surface area contributed by atoms with E-state index in [1.54, 1.807) is 18.3 Å². The Kier molecular flexibility index (Phi) is 4.94. The Hall–Kier alpha value is -2.67. The second kappa shape index (κ2) is 7.52. The van der Waals surface area contributed by atoms with Gasteiger partial charge in [0, 0.05) is 38.1 Å². The number of ketones is 1. The third kappa shape index (κ3) is 4.03. The summed E-state index contributed by atoms with van der Waals surface area (Å²) in [6, 6.07) is 10.3. The molecule has 0 unspecified atom stereocenters. The number of aromatic nitrogens is 2. The van der Waals surface area contributed by atoms with Crippen molar-refractivity contribution in [1.82, 2.24) is 9.97 Å². The van der Waals surface area contributed by atoms with E-state index in [9.17, 15) is 9.59 Å². The first-order valence-corrected chi connectivity index (χ1v) is 9.75. The van der Waals surface area contributed by atoms with Gasteiger partial charge in [-0.2, -0.15) is 0 Å². The zero-order chi connectivity index (χ0) is 18.8. The van der Waals surface area contributed by atoms with Crippen LogP contribution in [0.15, 0.2) is 41.4 Å². The first-order valence-electron chi connectivity index (χ1n) is 8.94. The maximum atomic E-state index is 11.8. The van der Waals surface area contributed by atoms with Gasteiger partial charge in [-0.3, -0.25) is 9.59 Å². The normalized spacial score (nSPS) is 19.2. The van der Waals surface area contributed by atoms with Crippen molar-refractivity contribution in [3.8, 4) is 0 Å². The number of piperazine rings is 1. The zero-order valence-electron chi connectivity index (χ0n) is 15.1. The van der Waals surface area contributed by atoms with Crippen molar-refractivity contribution in [1.29, 1.82) is 0 Å². The van der Waals surface area contributed by atoms with Crippen LogP contribution in [0.25, 0.3) is 6.08 Å². The molecule has 6 nitrogen and oxygen atoms in total. The molecule has 0 radical (unpaired) electrons. The lowest BCUT2D eigenvalue weighted by Gasteiger charge is -2.36. The zero-order valence-corrected chi connectivity index (χ0v) is 15.9.